The van der Waals surface area contributed by atoms with E-state index in [0.717, 1.165) is 0 Å². The Bertz CT molecular complexity index is 402. The topological polar surface area (TPSA) is 55.2 Å². The SMILES string of the molecule is Cc1ncc2c(n1)C(=O)C(P)C=N2. The molecule has 0 saturated carbocycles. The van der Waals surface area contributed by atoms with Gasteiger partial charge >= 0.3 is 0 Å². The lowest BCUT2D eigenvalue weighted by atomic mass is 10.1. The maximum atomic E-state index is 11.6. The van der Waals surface area contributed by atoms with Gasteiger partial charge in [0, 0.05) is 6.21 Å². The molecule has 0 aromatic carbocycles. The summed E-state index contributed by atoms with van der Waals surface area (Å²) in [6, 6.07) is 0. The molecule has 4 nitrogen and oxygen atoms in total. The van der Waals surface area contributed by atoms with Gasteiger partial charge in [-0.2, -0.15) is 0 Å². The summed E-state index contributed by atoms with van der Waals surface area (Å²) < 4.78 is 0. The highest BCUT2D eigenvalue weighted by atomic mass is 31.0. The zero-order valence-electron chi connectivity index (χ0n) is 7.06. The standard InChI is InChI=1S/C8H8N3OP/c1-4-9-2-5-7(11-4)8(12)6(13)3-10-5/h2-3,6H,13H2,1H3. The zero-order valence-corrected chi connectivity index (χ0v) is 8.21. The van der Waals surface area contributed by atoms with Crippen LogP contribution < -0.4 is 0 Å². The van der Waals surface area contributed by atoms with E-state index in [9.17, 15) is 4.79 Å². The van der Waals surface area contributed by atoms with Crippen molar-refractivity contribution in [3.63, 3.8) is 0 Å². The van der Waals surface area contributed by atoms with Crippen LogP contribution in [-0.4, -0.2) is 27.6 Å². The highest BCUT2D eigenvalue weighted by molar-refractivity contribution is 7.21. The molecule has 2 heterocycles. The van der Waals surface area contributed by atoms with Crippen molar-refractivity contribution in [3.8, 4) is 0 Å². The van der Waals surface area contributed by atoms with Gasteiger partial charge in [-0.05, 0) is 6.92 Å². The Kier molecular flexibility index (Phi) is 1.93. The minimum atomic E-state index is -0.248. The Morgan fingerprint density at radius 3 is 3.08 bits per heavy atom. The van der Waals surface area contributed by atoms with Crippen molar-refractivity contribution in [2.75, 3.05) is 0 Å². The molecule has 0 fully saturated rings. The molecule has 1 aliphatic rings. The van der Waals surface area contributed by atoms with Gasteiger partial charge in [0.15, 0.2) is 5.78 Å². The van der Waals surface area contributed by atoms with E-state index in [-0.39, 0.29) is 11.4 Å². The van der Waals surface area contributed by atoms with Crippen LogP contribution in [0.5, 0.6) is 0 Å². The zero-order chi connectivity index (χ0) is 9.42. The number of ketones is 1. The van der Waals surface area contributed by atoms with Crippen molar-refractivity contribution in [1.29, 1.82) is 0 Å². The quantitative estimate of drug-likeness (QED) is 0.576. The van der Waals surface area contributed by atoms with Crippen molar-refractivity contribution >= 4 is 26.9 Å². The Morgan fingerprint density at radius 2 is 2.31 bits per heavy atom. The minimum absolute atomic E-state index is 0.0134. The monoisotopic (exact) mass is 193 g/mol. The molecule has 5 heteroatoms. The smallest absolute Gasteiger partial charge is 0.195 e. The number of carbonyl (C=O) groups is 1. The second kappa shape index (κ2) is 2.96. The van der Waals surface area contributed by atoms with Gasteiger partial charge in [0.2, 0.25) is 0 Å². The Hall–Kier alpha value is -1.15. The van der Waals surface area contributed by atoms with E-state index in [1.54, 1.807) is 19.3 Å². The molecule has 2 unspecified atom stereocenters. The molecule has 0 spiro atoms. The third-order valence-electron chi connectivity index (χ3n) is 1.80. The Balaban J connectivity index is 2.60. The van der Waals surface area contributed by atoms with Crippen LogP contribution in [0.4, 0.5) is 5.69 Å². The number of carbonyl (C=O) groups excluding carboxylic acids is 1. The fraction of sp³-hybridized carbons (Fsp3) is 0.250. The average molecular weight is 193 g/mol. The average Bonchev–Trinajstić information content (AvgIpc) is 2.12. The summed E-state index contributed by atoms with van der Waals surface area (Å²) in [4.78, 5) is 23.7. The van der Waals surface area contributed by atoms with Gasteiger partial charge in [-0.3, -0.25) is 9.79 Å². The summed E-state index contributed by atoms with van der Waals surface area (Å²) in [5, 5.41) is 0. The van der Waals surface area contributed by atoms with E-state index in [0.29, 0.717) is 17.2 Å². The summed E-state index contributed by atoms with van der Waals surface area (Å²) in [6.45, 7) is 1.75. The van der Waals surface area contributed by atoms with Crippen LogP contribution in [-0.2, 0) is 0 Å². The maximum absolute atomic E-state index is 11.6. The maximum Gasteiger partial charge on any atom is 0.195 e. The number of aromatic nitrogens is 2. The molecule has 0 bridgehead atoms. The van der Waals surface area contributed by atoms with Gasteiger partial charge in [-0.25, -0.2) is 9.97 Å². The number of hydrogen-bond acceptors (Lipinski definition) is 4. The van der Waals surface area contributed by atoms with Gasteiger partial charge in [-0.1, -0.05) is 0 Å². The number of rotatable bonds is 0. The molecule has 0 saturated heterocycles. The molecule has 0 N–H and O–H groups in total. The lowest BCUT2D eigenvalue weighted by Crippen LogP contribution is -2.21. The van der Waals surface area contributed by atoms with Crippen molar-refractivity contribution in [3.05, 3.63) is 17.7 Å². The van der Waals surface area contributed by atoms with Gasteiger partial charge in [-0.15, -0.1) is 9.24 Å². The second-order valence-electron chi connectivity index (χ2n) is 2.82. The first-order valence-electron chi connectivity index (χ1n) is 3.86. The normalized spacial score (nSPS) is 20.2. The van der Waals surface area contributed by atoms with Crippen LogP contribution in [0.3, 0.4) is 0 Å². The second-order valence-corrected chi connectivity index (χ2v) is 3.54. The molecule has 1 aromatic heterocycles. The van der Waals surface area contributed by atoms with Crippen molar-refractivity contribution < 1.29 is 4.79 Å². The lowest BCUT2D eigenvalue weighted by Gasteiger charge is -2.11. The largest absolute Gasteiger partial charge is 0.291 e. The Morgan fingerprint density at radius 1 is 1.54 bits per heavy atom. The van der Waals surface area contributed by atoms with Crippen LogP contribution in [0.2, 0.25) is 0 Å². The van der Waals surface area contributed by atoms with Crippen LogP contribution in [0.1, 0.15) is 16.3 Å². The van der Waals surface area contributed by atoms with Crippen LogP contribution in [0.15, 0.2) is 11.2 Å². The van der Waals surface area contributed by atoms with Crippen LogP contribution in [0, 0.1) is 6.92 Å². The Labute approximate surface area is 77.7 Å². The summed E-state index contributed by atoms with van der Waals surface area (Å²) >= 11 is 0. The fourth-order valence-corrected chi connectivity index (χ4v) is 1.37. The van der Waals surface area contributed by atoms with Gasteiger partial charge in [0.25, 0.3) is 0 Å². The molecule has 2 atom stereocenters. The number of aliphatic imine (C=N–C) groups is 1. The molecule has 0 amide bonds. The molecule has 2 rings (SSSR count). The molecule has 13 heavy (non-hydrogen) atoms. The van der Waals surface area contributed by atoms with Gasteiger partial charge < -0.3 is 0 Å². The first-order chi connectivity index (χ1) is 6.18. The first-order valence-corrected chi connectivity index (χ1v) is 4.53. The number of aryl methyl sites for hydroxylation is 1. The summed E-state index contributed by atoms with van der Waals surface area (Å²) in [7, 11) is 2.42. The lowest BCUT2D eigenvalue weighted by molar-refractivity contribution is 0.100. The molecule has 1 aromatic rings. The molecule has 66 valence electrons. The van der Waals surface area contributed by atoms with Gasteiger partial charge in [0.1, 0.15) is 17.2 Å². The van der Waals surface area contributed by atoms with Crippen molar-refractivity contribution in [2.24, 2.45) is 4.99 Å². The van der Waals surface area contributed by atoms with Gasteiger partial charge in [0.05, 0.1) is 11.9 Å². The molecule has 1 aliphatic heterocycles. The van der Waals surface area contributed by atoms with Crippen LogP contribution in [0.25, 0.3) is 0 Å². The molecule has 0 aliphatic carbocycles. The number of hydrogen-bond donors (Lipinski definition) is 0. The summed E-state index contributed by atoms with van der Waals surface area (Å²) in [5.74, 6) is 0.585. The van der Waals surface area contributed by atoms with Crippen molar-refractivity contribution in [1.82, 2.24) is 9.97 Å². The molecular weight excluding hydrogens is 185 g/mol. The number of fused-ring (bicyclic) bond motifs is 1. The highest BCUT2D eigenvalue weighted by Crippen LogP contribution is 2.23. The predicted molar refractivity (Wildman–Crippen MR) is 52.7 cm³/mol. The van der Waals surface area contributed by atoms with Crippen LogP contribution >= 0.6 is 9.24 Å². The third kappa shape index (κ3) is 1.38. The highest BCUT2D eigenvalue weighted by Gasteiger charge is 2.22. The number of Topliss-reactive ketones (excluding diaryl/α,β-unsaturated/α-hetero) is 1. The van der Waals surface area contributed by atoms with E-state index in [2.05, 4.69) is 24.2 Å². The summed E-state index contributed by atoms with van der Waals surface area (Å²) in [6.07, 6.45) is 3.16. The van der Waals surface area contributed by atoms with E-state index in [4.69, 9.17) is 0 Å². The predicted octanol–water partition coefficient (Wildman–Crippen LogP) is 0.927. The minimum Gasteiger partial charge on any atom is -0.291 e. The van der Waals surface area contributed by atoms with E-state index >= 15 is 0 Å². The third-order valence-corrected chi connectivity index (χ3v) is 2.28. The molecule has 0 radical (unpaired) electrons. The van der Waals surface area contributed by atoms with E-state index in [1.807, 2.05) is 0 Å². The summed E-state index contributed by atoms with van der Waals surface area (Å²) in [5.41, 5.74) is 0.742. The number of nitrogens with zero attached hydrogens (tertiary/aromatic N) is 3. The first kappa shape index (κ1) is 8.45. The van der Waals surface area contributed by atoms with Crippen molar-refractivity contribution in [2.45, 2.75) is 12.6 Å². The van der Waals surface area contributed by atoms with E-state index < -0.39 is 0 Å². The van der Waals surface area contributed by atoms with E-state index in [1.165, 1.54) is 0 Å². The fourth-order valence-electron chi connectivity index (χ4n) is 1.13. The molecular formula is C8H8N3OP.